The third-order valence-corrected chi connectivity index (χ3v) is 4.07. The molecule has 0 aliphatic carbocycles. The molecule has 1 aliphatic heterocycles. The highest BCUT2D eigenvalue weighted by atomic mass is 32.2. The number of carbonyl (C=O) groups excluding carboxylic acids is 1. The highest BCUT2D eigenvalue weighted by Crippen LogP contribution is 2.18. The van der Waals surface area contributed by atoms with Gasteiger partial charge < -0.3 is 10.0 Å². The highest BCUT2D eigenvalue weighted by Gasteiger charge is 2.24. The summed E-state index contributed by atoms with van der Waals surface area (Å²) in [5, 5.41) is 8.85. The molecule has 1 N–H and O–H groups in total. The summed E-state index contributed by atoms with van der Waals surface area (Å²) in [7, 11) is 0. The fourth-order valence-electron chi connectivity index (χ4n) is 2.08. The van der Waals surface area contributed by atoms with Crippen molar-refractivity contribution in [3.05, 3.63) is 30.3 Å². The Labute approximate surface area is 122 Å². The molecule has 1 aliphatic rings. The smallest absolute Gasteiger partial charge is 0.324 e. The summed E-state index contributed by atoms with van der Waals surface area (Å²) in [5.41, 5.74) is 0.747. The third kappa shape index (κ3) is 3.90. The summed E-state index contributed by atoms with van der Waals surface area (Å²) in [5.74, 6) is 0.980. The predicted octanol–water partition coefficient (Wildman–Crippen LogP) is 2.14. The van der Waals surface area contributed by atoms with Gasteiger partial charge in [-0.2, -0.15) is 11.8 Å². The van der Waals surface area contributed by atoms with E-state index in [1.807, 2.05) is 42.1 Å². The topological polar surface area (TPSA) is 60.9 Å². The van der Waals surface area contributed by atoms with Gasteiger partial charge in [0.1, 0.15) is 0 Å². The van der Waals surface area contributed by atoms with Gasteiger partial charge in [-0.25, -0.2) is 4.79 Å². The minimum Gasteiger partial charge on any atom is -0.481 e. The summed E-state index contributed by atoms with van der Waals surface area (Å²) in [6.07, 6.45) is -0.0524. The number of hydrogen-bond donors (Lipinski definition) is 1. The lowest BCUT2D eigenvalue weighted by Crippen LogP contribution is -2.47. The Morgan fingerprint density at radius 3 is 2.45 bits per heavy atom. The average Bonchev–Trinajstić information content (AvgIpc) is 2.49. The molecule has 108 valence electrons. The van der Waals surface area contributed by atoms with Crippen molar-refractivity contribution in [3.63, 3.8) is 0 Å². The Morgan fingerprint density at radius 2 is 1.85 bits per heavy atom. The molecule has 0 radical (unpaired) electrons. The molecule has 1 saturated heterocycles. The maximum absolute atomic E-state index is 12.6. The van der Waals surface area contributed by atoms with Crippen LogP contribution in [0.25, 0.3) is 0 Å². The molecule has 0 bridgehead atoms. The van der Waals surface area contributed by atoms with Crippen molar-refractivity contribution in [1.29, 1.82) is 0 Å². The summed E-state index contributed by atoms with van der Waals surface area (Å²) in [6.45, 7) is 1.64. The molecule has 0 spiro atoms. The number of rotatable bonds is 4. The van der Waals surface area contributed by atoms with Crippen LogP contribution in [0.15, 0.2) is 30.3 Å². The molecule has 6 heteroatoms. The number of aliphatic carboxylic acids is 1. The van der Waals surface area contributed by atoms with Crippen LogP contribution in [-0.2, 0) is 4.79 Å². The van der Waals surface area contributed by atoms with E-state index in [9.17, 15) is 9.59 Å². The van der Waals surface area contributed by atoms with Crippen molar-refractivity contribution < 1.29 is 14.7 Å². The Morgan fingerprint density at radius 1 is 1.20 bits per heavy atom. The normalized spacial score (nSPS) is 14.9. The lowest BCUT2D eigenvalue weighted by molar-refractivity contribution is -0.136. The van der Waals surface area contributed by atoms with E-state index in [-0.39, 0.29) is 19.0 Å². The number of urea groups is 1. The van der Waals surface area contributed by atoms with Crippen LogP contribution in [0, 0.1) is 0 Å². The summed E-state index contributed by atoms with van der Waals surface area (Å²) >= 11 is 1.84. The van der Waals surface area contributed by atoms with E-state index in [1.54, 1.807) is 9.80 Å². The summed E-state index contributed by atoms with van der Waals surface area (Å²) in [6, 6.07) is 9.14. The molecule has 0 aromatic heterocycles. The maximum atomic E-state index is 12.6. The SMILES string of the molecule is O=C(O)CCN(C(=O)N1CCSCC1)c1ccccc1. The molecule has 1 fully saturated rings. The lowest BCUT2D eigenvalue weighted by atomic mass is 10.2. The van der Waals surface area contributed by atoms with Crippen molar-refractivity contribution in [2.24, 2.45) is 0 Å². The van der Waals surface area contributed by atoms with Crippen molar-refractivity contribution >= 4 is 29.4 Å². The molecule has 1 aromatic carbocycles. The van der Waals surface area contributed by atoms with E-state index >= 15 is 0 Å². The minimum absolute atomic E-state index is 0.0524. The van der Waals surface area contributed by atoms with Crippen molar-refractivity contribution in [2.75, 3.05) is 36.0 Å². The van der Waals surface area contributed by atoms with Gasteiger partial charge in [0.15, 0.2) is 0 Å². The first-order chi connectivity index (χ1) is 9.68. The molecular weight excluding hydrogens is 276 g/mol. The number of para-hydroxylation sites is 1. The van der Waals surface area contributed by atoms with Crippen molar-refractivity contribution in [1.82, 2.24) is 4.90 Å². The quantitative estimate of drug-likeness (QED) is 0.924. The Hall–Kier alpha value is -1.69. The predicted molar refractivity (Wildman–Crippen MR) is 80.3 cm³/mol. The van der Waals surface area contributed by atoms with E-state index in [4.69, 9.17) is 5.11 Å². The molecule has 1 aromatic rings. The van der Waals surface area contributed by atoms with Crippen molar-refractivity contribution in [3.8, 4) is 0 Å². The van der Waals surface area contributed by atoms with Crippen LogP contribution in [0.1, 0.15) is 6.42 Å². The van der Waals surface area contributed by atoms with Crippen molar-refractivity contribution in [2.45, 2.75) is 6.42 Å². The number of hydrogen-bond acceptors (Lipinski definition) is 3. The zero-order valence-corrected chi connectivity index (χ0v) is 12.0. The standard InChI is InChI=1S/C14H18N2O3S/c17-13(18)6-7-16(12-4-2-1-3-5-12)14(19)15-8-10-20-11-9-15/h1-5H,6-11H2,(H,17,18). The van der Waals surface area contributed by atoms with Crippen LogP contribution in [0.3, 0.4) is 0 Å². The second-order valence-corrected chi connectivity index (χ2v) is 5.74. The monoisotopic (exact) mass is 294 g/mol. The van der Waals surface area contributed by atoms with Gasteiger partial charge >= 0.3 is 12.0 Å². The number of carboxylic acid groups (broad SMARTS) is 1. The lowest BCUT2D eigenvalue weighted by Gasteiger charge is -2.32. The number of nitrogens with zero attached hydrogens (tertiary/aromatic N) is 2. The van der Waals surface area contributed by atoms with Crippen LogP contribution in [-0.4, -0.2) is 53.1 Å². The van der Waals surface area contributed by atoms with Crippen LogP contribution in [0.2, 0.25) is 0 Å². The summed E-state index contributed by atoms with van der Waals surface area (Å²) in [4.78, 5) is 26.7. The number of carbonyl (C=O) groups is 2. The Balaban J connectivity index is 2.12. The van der Waals surface area contributed by atoms with Gasteiger partial charge in [-0.05, 0) is 12.1 Å². The van der Waals surface area contributed by atoms with E-state index in [1.165, 1.54) is 0 Å². The number of carboxylic acids is 1. The number of anilines is 1. The largest absolute Gasteiger partial charge is 0.481 e. The fraction of sp³-hybridized carbons (Fsp3) is 0.429. The van der Waals surface area contributed by atoms with E-state index in [0.29, 0.717) is 0 Å². The Bertz CT molecular complexity index is 461. The van der Waals surface area contributed by atoms with Crippen LogP contribution in [0.5, 0.6) is 0 Å². The van der Waals surface area contributed by atoms with Gasteiger partial charge in [0, 0.05) is 36.8 Å². The highest BCUT2D eigenvalue weighted by molar-refractivity contribution is 7.99. The number of thioether (sulfide) groups is 1. The second kappa shape index (κ2) is 7.19. The summed E-state index contributed by atoms with van der Waals surface area (Å²) < 4.78 is 0. The zero-order chi connectivity index (χ0) is 14.4. The molecule has 20 heavy (non-hydrogen) atoms. The minimum atomic E-state index is -0.895. The van der Waals surface area contributed by atoms with Gasteiger partial charge in [0.25, 0.3) is 0 Å². The van der Waals surface area contributed by atoms with Gasteiger partial charge in [-0.1, -0.05) is 18.2 Å². The fourth-order valence-corrected chi connectivity index (χ4v) is 2.98. The van der Waals surface area contributed by atoms with Crippen LogP contribution >= 0.6 is 11.8 Å². The van der Waals surface area contributed by atoms with Crippen LogP contribution < -0.4 is 4.90 Å². The average molecular weight is 294 g/mol. The first-order valence-corrected chi connectivity index (χ1v) is 7.75. The molecule has 0 unspecified atom stereocenters. The van der Waals surface area contributed by atoms with Gasteiger partial charge in [0.05, 0.1) is 6.42 Å². The third-order valence-electron chi connectivity index (χ3n) is 3.13. The molecule has 1 heterocycles. The van der Waals surface area contributed by atoms with E-state index in [2.05, 4.69) is 0 Å². The zero-order valence-electron chi connectivity index (χ0n) is 11.2. The van der Waals surface area contributed by atoms with E-state index in [0.717, 1.165) is 30.3 Å². The molecular formula is C14H18N2O3S. The van der Waals surface area contributed by atoms with Gasteiger partial charge in [0.2, 0.25) is 0 Å². The Kier molecular flexibility index (Phi) is 5.29. The number of benzene rings is 1. The first kappa shape index (κ1) is 14.7. The maximum Gasteiger partial charge on any atom is 0.324 e. The van der Waals surface area contributed by atoms with Crippen LogP contribution in [0.4, 0.5) is 10.5 Å². The molecule has 5 nitrogen and oxygen atoms in total. The molecule has 0 atom stereocenters. The van der Waals surface area contributed by atoms with E-state index < -0.39 is 5.97 Å². The molecule has 0 saturated carbocycles. The van der Waals surface area contributed by atoms with Gasteiger partial charge in [-0.15, -0.1) is 0 Å². The number of amides is 2. The van der Waals surface area contributed by atoms with Gasteiger partial charge in [-0.3, -0.25) is 9.69 Å². The second-order valence-electron chi connectivity index (χ2n) is 4.51. The molecule has 2 amide bonds. The first-order valence-electron chi connectivity index (χ1n) is 6.59. The molecule has 2 rings (SSSR count).